The lowest BCUT2D eigenvalue weighted by molar-refractivity contribution is 0.603. The Balaban J connectivity index is 2.19. The third kappa shape index (κ3) is 3.15. The summed E-state index contributed by atoms with van der Waals surface area (Å²) in [5.41, 5.74) is 1.77. The first kappa shape index (κ1) is 13.2. The molecule has 0 amide bonds. The normalized spacial score (nSPS) is 11.6. The van der Waals surface area contributed by atoms with Crippen LogP contribution in [0.3, 0.4) is 0 Å². The van der Waals surface area contributed by atoms with E-state index in [0.29, 0.717) is 16.1 Å². The Morgan fingerprint density at radius 3 is 2.61 bits per heavy atom. The molecular weight excluding hydrogens is 267 g/mol. The first-order valence-electron chi connectivity index (χ1n) is 5.73. The van der Waals surface area contributed by atoms with Gasteiger partial charge in [-0.3, -0.25) is 4.99 Å². The summed E-state index contributed by atoms with van der Waals surface area (Å²) in [5.74, 6) is 0. The molecule has 2 nitrogen and oxygen atoms in total. The van der Waals surface area contributed by atoms with Crippen LogP contribution in [-0.4, -0.2) is 10.8 Å². The molecule has 0 unspecified atom stereocenters. The highest BCUT2D eigenvalue weighted by molar-refractivity contribution is 6.36. The minimum absolute atomic E-state index is 0.450. The molecular formula is C14H14Cl2N2. The van der Waals surface area contributed by atoms with Gasteiger partial charge in [0.05, 0.1) is 10.7 Å². The predicted molar refractivity (Wildman–Crippen MR) is 78.5 cm³/mol. The Morgan fingerprint density at radius 1 is 1.22 bits per heavy atom. The molecule has 0 saturated carbocycles. The van der Waals surface area contributed by atoms with Crippen molar-refractivity contribution in [3.05, 3.63) is 52.3 Å². The summed E-state index contributed by atoms with van der Waals surface area (Å²) in [7, 11) is 0. The second kappa shape index (κ2) is 5.59. The van der Waals surface area contributed by atoms with Gasteiger partial charge in [0.2, 0.25) is 0 Å². The third-order valence-electron chi connectivity index (χ3n) is 2.60. The van der Waals surface area contributed by atoms with Crippen molar-refractivity contribution in [3.8, 4) is 0 Å². The van der Waals surface area contributed by atoms with E-state index in [4.69, 9.17) is 23.2 Å². The molecule has 2 rings (SSSR count). The zero-order chi connectivity index (χ0) is 13.1. The molecule has 0 N–H and O–H groups in total. The Hall–Kier alpha value is -1.25. The van der Waals surface area contributed by atoms with Gasteiger partial charge in [-0.2, -0.15) is 0 Å². The Morgan fingerprint density at radius 2 is 2.00 bits per heavy atom. The monoisotopic (exact) mass is 280 g/mol. The van der Waals surface area contributed by atoms with E-state index in [1.54, 1.807) is 24.4 Å². The van der Waals surface area contributed by atoms with Gasteiger partial charge in [0.1, 0.15) is 0 Å². The standard InChI is InChI=1S/C14H14Cl2N2/c1-10(2)18-6-5-11(9-18)8-17-14-4-3-12(15)7-13(14)16/h3-10H,1-2H3. The lowest BCUT2D eigenvalue weighted by Gasteiger charge is -2.04. The maximum absolute atomic E-state index is 6.05. The molecule has 1 heterocycles. The molecule has 0 aliphatic rings. The van der Waals surface area contributed by atoms with Crippen molar-refractivity contribution in [3.63, 3.8) is 0 Å². The number of benzene rings is 1. The molecule has 18 heavy (non-hydrogen) atoms. The molecule has 94 valence electrons. The van der Waals surface area contributed by atoms with Crippen molar-refractivity contribution in [2.75, 3.05) is 0 Å². The summed E-state index contributed by atoms with van der Waals surface area (Å²) in [4.78, 5) is 4.36. The lowest BCUT2D eigenvalue weighted by atomic mass is 10.3. The van der Waals surface area contributed by atoms with Crippen molar-refractivity contribution in [1.82, 2.24) is 4.57 Å². The van der Waals surface area contributed by atoms with Crippen LogP contribution < -0.4 is 0 Å². The van der Waals surface area contributed by atoms with Crippen molar-refractivity contribution in [1.29, 1.82) is 0 Å². The Labute approximate surface area is 117 Å². The first-order valence-corrected chi connectivity index (χ1v) is 6.48. The SMILES string of the molecule is CC(C)n1ccc(C=Nc2ccc(Cl)cc2Cl)c1. The Kier molecular flexibility index (Phi) is 4.10. The predicted octanol–water partition coefficient (Wildman–Crippen LogP) is 5.13. The Bertz CT molecular complexity index is 571. The smallest absolute Gasteiger partial charge is 0.0817 e. The number of aliphatic imine (C=N–C) groups is 1. The fourth-order valence-corrected chi connectivity index (χ4v) is 2.02. The van der Waals surface area contributed by atoms with E-state index in [9.17, 15) is 0 Å². The highest BCUT2D eigenvalue weighted by Crippen LogP contribution is 2.27. The average Bonchev–Trinajstić information content (AvgIpc) is 2.76. The van der Waals surface area contributed by atoms with Crippen LogP contribution in [0.1, 0.15) is 25.5 Å². The maximum atomic E-state index is 6.05. The van der Waals surface area contributed by atoms with Crippen LogP contribution in [0.4, 0.5) is 5.69 Å². The molecule has 0 spiro atoms. The molecule has 1 aromatic heterocycles. The molecule has 0 aliphatic carbocycles. The second-order valence-electron chi connectivity index (χ2n) is 4.34. The van der Waals surface area contributed by atoms with Gasteiger partial charge in [-0.05, 0) is 38.1 Å². The van der Waals surface area contributed by atoms with Gasteiger partial charge < -0.3 is 4.57 Å². The van der Waals surface area contributed by atoms with E-state index in [1.807, 2.05) is 12.3 Å². The number of hydrogen-bond donors (Lipinski definition) is 0. The van der Waals surface area contributed by atoms with Gasteiger partial charge in [0.15, 0.2) is 0 Å². The van der Waals surface area contributed by atoms with E-state index < -0.39 is 0 Å². The second-order valence-corrected chi connectivity index (χ2v) is 5.18. The molecule has 0 bridgehead atoms. The van der Waals surface area contributed by atoms with E-state index >= 15 is 0 Å². The van der Waals surface area contributed by atoms with Gasteiger partial charge >= 0.3 is 0 Å². The van der Waals surface area contributed by atoms with Crippen LogP contribution in [0.2, 0.25) is 10.0 Å². The van der Waals surface area contributed by atoms with Gasteiger partial charge in [0.25, 0.3) is 0 Å². The van der Waals surface area contributed by atoms with Crippen LogP contribution in [0.5, 0.6) is 0 Å². The largest absolute Gasteiger partial charge is 0.351 e. The van der Waals surface area contributed by atoms with Crippen LogP contribution in [-0.2, 0) is 0 Å². The number of halogens is 2. The van der Waals surface area contributed by atoms with Gasteiger partial charge in [-0.1, -0.05) is 23.2 Å². The quantitative estimate of drug-likeness (QED) is 0.694. The first-order chi connectivity index (χ1) is 8.56. The molecule has 2 aromatic rings. The highest BCUT2D eigenvalue weighted by atomic mass is 35.5. The number of aromatic nitrogens is 1. The van der Waals surface area contributed by atoms with E-state index in [2.05, 4.69) is 29.6 Å². The van der Waals surface area contributed by atoms with Crippen molar-refractivity contribution in [2.24, 2.45) is 4.99 Å². The van der Waals surface area contributed by atoms with Crippen LogP contribution in [0.25, 0.3) is 0 Å². The summed E-state index contributed by atoms with van der Waals surface area (Å²) in [6, 6.07) is 7.74. The third-order valence-corrected chi connectivity index (χ3v) is 3.13. The zero-order valence-corrected chi connectivity index (χ0v) is 11.8. The van der Waals surface area contributed by atoms with Gasteiger partial charge in [-0.15, -0.1) is 0 Å². The van der Waals surface area contributed by atoms with Gasteiger partial charge in [0, 0.05) is 35.2 Å². The number of nitrogens with zero attached hydrogens (tertiary/aromatic N) is 2. The average molecular weight is 281 g/mol. The van der Waals surface area contributed by atoms with Gasteiger partial charge in [-0.25, -0.2) is 0 Å². The summed E-state index contributed by atoms with van der Waals surface area (Å²) >= 11 is 11.9. The van der Waals surface area contributed by atoms with Crippen LogP contribution >= 0.6 is 23.2 Å². The summed E-state index contributed by atoms with van der Waals surface area (Å²) in [5, 5.41) is 1.17. The molecule has 0 atom stereocenters. The number of hydrogen-bond acceptors (Lipinski definition) is 1. The summed E-state index contributed by atoms with van der Waals surface area (Å²) in [6.07, 6.45) is 5.89. The van der Waals surface area contributed by atoms with Crippen molar-refractivity contribution < 1.29 is 0 Å². The molecule has 4 heteroatoms. The van der Waals surface area contributed by atoms with Crippen molar-refractivity contribution >= 4 is 35.1 Å². The van der Waals surface area contributed by atoms with E-state index in [0.717, 1.165) is 11.3 Å². The van der Waals surface area contributed by atoms with E-state index in [-0.39, 0.29) is 0 Å². The zero-order valence-electron chi connectivity index (χ0n) is 10.3. The lowest BCUT2D eigenvalue weighted by Crippen LogP contribution is -1.95. The maximum Gasteiger partial charge on any atom is 0.0817 e. The summed E-state index contributed by atoms with van der Waals surface area (Å²) in [6.45, 7) is 4.27. The molecule has 0 saturated heterocycles. The molecule has 0 radical (unpaired) electrons. The fourth-order valence-electron chi connectivity index (χ4n) is 1.56. The molecule has 1 aromatic carbocycles. The molecule has 0 fully saturated rings. The summed E-state index contributed by atoms with van der Waals surface area (Å²) < 4.78 is 2.13. The minimum atomic E-state index is 0.450. The van der Waals surface area contributed by atoms with Crippen LogP contribution in [0.15, 0.2) is 41.7 Å². The number of rotatable bonds is 3. The minimum Gasteiger partial charge on any atom is -0.351 e. The van der Waals surface area contributed by atoms with Crippen molar-refractivity contribution in [2.45, 2.75) is 19.9 Å². The van der Waals surface area contributed by atoms with E-state index in [1.165, 1.54) is 0 Å². The van der Waals surface area contributed by atoms with Crippen LogP contribution in [0, 0.1) is 0 Å². The highest BCUT2D eigenvalue weighted by Gasteiger charge is 2.00. The fraction of sp³-hybridized carbons (Fsp3) is 0.214. The molecule has 0 aliphatic heterocycles. The topological polar surface area (TPSA) is 17.3 Å².